The van der Waals surface area contributed by atoms with Crippen LogP contribution in [0, 0.1) is 13.8 Å². The van der Waals surface area contributed by atoms with Gasteiger partial charge in [0.25, 0.3) is 15.9 Å². The highest BCUT2D eigenvalue weighted by atomic mass is 32.2. The van der Waals surface area contributed by atoms with Crippen LogP contribution in [0.3, 0.4) is 0 Å². The molecular formula is C25H28N2O4S. The van der Waals surface area contributed by atoms with Gasteiger partial charge < -0.3 is 9.64 Å². The quantitative estimate of drug-likeness (QED) is 0.522. The van der Waals surface area contributed by atoms with Gasteiger partial charge in [-0.05, 0) is 60.9 Å². The van der Waals surface area contributed by atoms with Gasteiger partial charge in [-0.25, -0.2) is 8.42 Å². The van der Waals surface area contributed by atoms with Crippen molar-refractivity contribution in [2.75, 3.05) is 25.0 Å². The zero-order valence-electron chi connectivity index (χ0n) is 18.5. The first kappa shape index (κ1) is 23.5. The Balaban J connectivity index is 1.77. The molecule has 0 spiro atoms. The molecular weight excluding hydrogens is 424 g/mol. The topological polar surface area (TPSA) is 75.7 Å². The molecule has 3 aromatic carbocycles. The third-order valence-electron chi connectivity index (χ3n) is 5.09. The predicted octanol–water partition coefficient (Wildman–Crippen LogP) is 4.39. The Labute approximate surface area is 189 Å². The summed E-state index contributed by atoms with van der Waals surface area (Å²) in [6.07, 6.45) is 0. The molecule has 0 radical (unpaired) electrons. The molecule has 6 nitrogen and oxygen atoms in total. The predicted molar refractivity (Wildman–Crippen MR) is 126 cm³/mol. The lowest BCUT2D eigenvalue weighted by atomic mass is 10.1. The van der Waals surface area contributed by atoms with Gasteiger partial charge in [0.05, 0.1) is 11.5 Å². The molecule has 3 aromatic rings. The standard InChI is InChI=1S/C25H28N2O4S/c1-19-9-10-20(2)24(17-19)32(29,30)26-23-13-11-22(12-14-23)25(28)27(15-16-31-3)18-21-7-5-4-6-8-21/h4-14,17,26H,15-16,18H2,1-3H3. The monoisotopic (exact) mass is 452 g/mol. The number of aryl methyl sites for hydroxylation is 2. The van der Waals surface area contributed by atoms with Crippen molar-refractivity contribution in [3.8, 4) is 0 Å². The van der Waals surface area contributed by atoms with Crippen molar-refractivity contribution in [1.82, 2.24) is 4.90 Å². The van der Waals surface area contributed by atoms with Crippen molar-refractivity contribution in [2.45, 2.75) is 25.3 Å². The van der Waals surface area contributed by atoms with Gasteiger partial charge in [-0.15, -0.1) is 0 Å². The van der Waals surface area contributed by atoms with Crippen LogP contribution in [0.4, 0.5) is 5.69 Å². The number of anilines is 1. The van der Waals surface area contributed by atoms with E-state index < -0.39 is 10.0 Å². The highest BCUT2D eigenvalue weighted by Crippen LogP contribution is 2.21. The zero-order valence-corrected chi connectivity index (χ0v) is 19.4. The molecule has 1 N–H and O–H groups in total. The first-order chi connectivity index (χ1) is 15.3. The zero-order chi connectivity index (χ0) is 23.1. The van der Waals surface area contributed by atoms with Gasteiger partial charge in [-0.2, -0.15) is 0 Å². The number of carbonyl (C=O) groups is 1. The molecule has 32 heavy (non-hydrogen) atoms. The minimum absolute atomic E-state index is 0.144. The number of hydrogen-bond acceptors (Lipinski definition) is 4. The van der Waals surface area contributed by atoms with Crippen LogP contribution in [0.2, 0.25) is 0 Å². The summed E-state index contributed by atoms with van der Waals surface area (Å²) >= 11 is 0. The van der Waals surface area contributed by atoms with E-state index in [9.17, 15) is 13.2 Å². The number of ether oxygens (including phenoxy) is 1. The smallest absolute Gasteiger partial charge is 0.262 e. The van der Waals surface area contributed by atoms with E-state index in [0.29, 0.717) is 36.5 Å². The van der Waals surface area contributed by atoms with Gasteiger partial charge in [-0.1, -0.05) is 42.5 Å². The molecule has 0 atom stereocenters. The lowest BCUT2D eigenvalue weighted by molar-refractivity contribution is 0.0680. The van der Waals surface area contributed by atoms with Crippen molar-refractivity contribution >= 4 is 21.6 Å². The Kier molecular flexibility index (Phi) is 7.66. The van der Waals surface area contributed by atoms with E-state index in [1.165, 1.54) is 0 Å². The fourth-order valence-electron chi connectivity index (χ4n) is 3.33. The summed E-state index contributed by atoms with van der Waals surface area (Å²) in [5.41, 5.74) is 3.44. The Morgan fingerprint density at radius 1 is 0.969 bits per heavy atom. The molecule has 7 heteroatoms. The van der Waals surface area contributed by atoms with Crippen LogP contribution >= 0.6 is 0 Å². The molecule has 168 valence electrons. The maximum absolute atomic E-state index is 13.1. The first-order valence-electron chi connectivity index (χ1n) is 10.3. The summed E-state index contributed by atoms with van der Waals surface area (Å²) in [5.74, 6) is -0.144. The Hall–Kier alpha value is -3.16. The lowest BCUT2D eigenvalue weighted by Crippen LogP contribution is -2.33. The second kappa shape index (κ2) is 10.4. The van der Waals surface area contributed by atoms with Crippen molar-refractivity contribution in [2.24, 2.45) is 0 Å². The van der Waals surface area contributed by atoms with E-state index in [2.05, 4.69) is 4.72 Å². The number of hydrogen-bond donors (Lipinski definition) is 1. The van der Waals surface area contributed by atoms with Crippen LogP contribution in [-0.2, 0) is 21.3 Å². The highest BCUT2D eigenvalue weighted by Gasteiger charge is 2.19. The molecule has 0 saturated heterocycles. The average Bonchev–Trinajstić information content (AvgIpc) is 2.78. The summed E-state index contributed by atoms with van der Waals surface area (Å²) in [4.78, 5) is 15.0. The summed E-state index contributed by atoms with van der Waals surface area (Å²) in [7, 11) is -2.13. The molecule has 0 aromatic heterocycles. The molecule has 0 bridgehead atoms. The number of benzene rings is 3. The SMILES string of the molecule is COCCN(Cc1ccccc1)C(=O)c1ccc(NS(=O)(=O)c2cc(C)ccc2C)cc1. The van der Waals surface area contributed by atoms with Gasteiger partial charge in [0.1, 0.15) is 0 Å². The van der Waals surface area contributed by atoms with E-state index in [1.807, 2.05) is 43.3 Å². The van der Waals surface area contributed by atoms with Crippen LogP contribution in [0.1, 0.15) is 27.0 Å². The first-order valence-corrected chi connectivity index (χ1v) is 11.8. The van der Waals surface area contributed by atoms with E-state index in [0.717, 1.165) is 11.1 Å². The van der Waals surface area contributed by atoms with Crippen molar-refractivity contribution in [3.63, 3.8) is 0 Å². The summed E-state index contributed by atoms with van der Waals surface area (Å²) in [5, 5.41) is 0. The summed E-state index contributed by atoms with van der Waals surface area (Å²) in [6, 6.07) is 21.5. The van der Waals surface area contributed by atoms with Crippen LogP contribution < -0.4 is 4.72 Å². The van der Waals surface area contributed by atoms with E-state index in [4.69, 9.17) is 4.74 Å². The second-order valence-corrected chi connectivity index (χ2v) is 9.31. The molecule has 0 aliphatic heterocycles. The molecule has 0 unspecified atom stereocenters. The minimum Gasteiger partial charge on any atom is -0.383 e. The van der Waals surface area contributed by atoms with Crippen LogP contribution in [-0.4, -0.2) is 39.5 Å². The number of rotatable bonds is 9. The van der Waals surface area contributed by atoms with E-state index >= 15 is 0 Å². The van der Waals surface area contributed by atoms with Gasteiger partial charge >= 0.3 is 0 Å². The lowest BCUT2D eigenvalue weighted by Gasteiger charge is -2.23. The number of carbonyl (C=O) groups excluding carboxylic acids is 1. The van der Waals surface area contributed by atoms with Crippen molar-refractivity contribution < 1.29 is 17.9 Å². The number of nitrogens with one attached hydrogen (secondary N) is 1. The molecule has 0 aliphatic carbocycles. The second-order valence-electron chi connectivity index (χ2n) is 7.66. The van der Waals surface area contributed by atoms with Crippen LogP contribution in [0.5, 0.6) is 0 Å². The number of nitrogens with zero attached hydrogens (tertiary/aromatic N) is 1. The maximum Gasteiger partial charge on any atom is 0.262 e. The molecule has 0 saturated carbocycles. The van der Waals surface area contributed by atoms with Crippen molar-refractivity contribution in [3.05, 3.63) is 95.1 Å². The number of amides is 1. The molecule has 1 amide bonds. The number of methoxy groups -OCH3 is 1. The fourth-order valence-corrected chi connectivity index (χ4v) is 4.72. The highest BCUT2D eigenvalue weighted by molar-refractivity contribution is 7.92. The van der Waals surface area contributed by atoms with E-state index in [1.54, 1.807) is 55.3 Å². The normalized spacial score (nSPS) is 11.2. The Morgan fingerprint density at radius 3 is 2.31 bits per heavy atom. The number of sulfonamides is 1. The average molecular weight is 453 g/mol. The summed E-state index contributed by atoms with van der Waals surface area (Å²) in [6.45, 7) is 4.95. The Bertz CT molecular complexity index is 1160. The molecule has 0 heterocycles. The van der Waals surface area contributed by atoms with Gasteiger partial charge in [-0.3, -0.25) is 9.52 Å². The van der Waals surface area contributed by atoms with Crippen LogP contribution in [0.15, 0.2) is 77.7 Å². The third-order valence-corrected chi connectivity index (χ3v) is 6.61. The van der Waals surface area contributed by atoms with Gasteiger partial charge in [0.2, 0.25) is 0 Å². The molecule has 3 rings (SSSR count). The van der Waals surface area contributed by atoms with Crippen molar-refractivity contribution in [1.29, 1.82) is 0 Å². The largest absolute Gasteiger partial charge is 0.383 e. The molecule has 0 fully saturated rings. The minimum atomic E-state index is -3.73. The summed E-state index contributed by atoms with van der Waals surface area (Å²) < 4.78 is 33.4. The molecule has 0 aliphatic rings. The maximum atomic E-state index is 13.1. The van der Waals surface area contributed by atoms with Gasteiger partial charge in [0.15, 0.2) is 0 Å². The van der Waals surface area contributed by atoms with E-state index in [-0.39, 0.29) is 10.8 Å². The third kappa shape index (κ3) is 5.96. The van der Waals surface area contributed by atoms with Crippen LogP contribution in [0.25, 0.3) is 0 Å². The fraction of sp³-hybridized carbons (Fsp3) is 0.240. The Morgan fingerprint density at radius 2 is 1.66 bits per heavy atom. The van der Waals surface area contributed by atoms with Gasteiger partial charge in [0, 0.05) is 31.5 Å².